The van der Waals surface area contributed by atoms with Crippen LogP contribution in [0.2, 0.25) is 160 Å². The van der Waals surface area contributed by atoms with Gasteiger partial charge in [0.1, 0.15) is 0 Å². The molecular formula is C27H68Si8. The van der Waals surface area contributed by atoms with Crippen molar-refractivity contribution in [3.63, 3.8) is 0 Å². The Hall–Kier alpha value is 1.48. The van der Waals surface area contributed by atoms with Crippen LogP contribution in [0.1, 0.15) is 0 Å². The molecule has 4 atom stereocenters. The number of rotatable bonds is 8. The van der Waals surface area contributed by atoms with Crippen molar-refractivity contribution < 1.29 is 0 Å². The van der Waals surface area contributed by atoms with Crippen LogP contribution >= 0.6 is 0 Å². The standard InChI is InChI=1S/C27H68Si8/c1-28(2,3)23-22-24(35(32(13,14)15,33(16,17)18)34(19,20)21)26(30(7,8)9)27(31(10,11)12)25(23)29(4,5)6/h22-23,25-27H,1-21H3/t23-,25+,26+,27-/m1/s1. The van der Waals surface area contributed by atoms with Crippen molar-refractivity contribution in [1.82, 2.24) is 0 Å². The van der Waals surface area contributed by atoms with Crippen LogP contribution in [0.15, 0.2) is 11.3 Å². The van der Waals surface area contributed by atoms with E-state index in [1.807, 2.05) is 0 Å². The Bertz CT molecular complexity index is 744. The van der Waals surface area contributed by atoms with Gasteiger partial charge >= 0.3 is 0 Å². The average molecular weight is 618 g/mol. The van der Waals surface area contributed by atoms with Gasteiger partial charge in [0.05, 0.1) is 22.8 Å². The Kier molecular flexibility index (Phi) is 9.70. The third kappa shape index (κ3) is 6.46. The van der Waals surface area contributed by atoms with Gasteiger partial charge in [0, 0.05) is 38.9 Å². The van der Waals surface area contributed by atoms with E-state index in [0.29, 0.717) is 0 Å². The molecule has 1 rings (SSSR count). The van der Waals surface area contributed by atoms with E-state index >= 15 is 0 Å². The summed E-state index contributed by atoms with van der Waals surface area (Å²) in [5.41, 5.74) is 3.81. The Morgan fingerprint density at radius 3 is 0.914 bits per heavy atom. The highest BCUT2D eigenvalue weighted by Gasteiger charge is 2.68. The molecule has 1 aliphatic rings. The van der Waals surface area contributed by atoms with Crippen LogP contribution in [0.25, 0.3) is 0 Å². The summed E-state index contributed by atoms with van der Waals surface area (Å²) in [7, 11) is -9.78. The van der Waals surface area contributed by atoms with Crippen LogP contribution in [-0.4, -0.2) is 61.7 Å². The van der Waals surface area contributed by atoms with Crippen molar-refractivity contribution in [2.45, 2.75) is 160 Å². The van der Waals surface area contributed by atoms with Crippen LogP contribution in [-0.2, 0) is 0 Å². The zero-order valence-corrected chi connectivity index (χ0v) is 36.4. The van der Waals surface area contributed by atoms with Crippen molar-refractivity contribution in [3.8, 4) is 0 Å². The van der Waals surface area contributed by atoms with Gasteiger partial charge in [-0.05, 0) is 22.2 Å². The van der Waals surface area contributed by atoms with E-state index in [9.17, 15) is 0 Å². The molecule has 1 aliphatic carbocycles. The lowest BCUT2D eigenvalue weighted by molar-refractivity contribution is 0.643. The second-order valence-corrected chi connectivity index (χ2v) is 81.5. The van der Waals surface area contributed by atoms with Gasteiger partial charge in [-0.3, -0.25) is 0 Å². The molecule has 0 bridgehead atoms. The van der Waals surface area contributed by atoms with Crippen LogP contribution in [0.4, 0.5) is 0 Å². The minimum absolute atomic E-state index is 0.893. The van der Waals surface area contributed by atoms with Gasteiger partial charge in [0.2, 0.25) is 0 Å². The Morgan fingerprint density at radius 1 is 0.400 bits per heavy atom. The second kappa shape index (κ2) is 9.84. The minimum atomic E-state index is -1.63. The summed E-state index contributed by atoms with van der Waals surface area (Å²) in [5.74, 6) is 0. The SMILES string of the molecule is C[Si](C)(C)[C@@H]1[C@@H]([Si](C)(C)C)[C@@H]([Si](C)(C)C)C([Si]([Si](C)(C)C)([Si](C)(C)C)[Si](C)(C)C)=C[C@H]1[Si](C)(C)C. The molecule has 208 valence electrons. The highest BCUT2D eigenvalue weighted by Crippen LogP contribution is 2.67. The van der Waals surface area contributed by atoms with E-state index in [2.05, 4.69) is 149 Å². The van der Waals surface area contributed by atoms with E-state index in [1.165, 1.54) is 0 Å². The van der Waals surface area contributed by atoms with Gasteiger partial charge < -0.3 is 0 Å². The molecule has 0 aliphatic heterocycles. The first-order valence-corrected chi connectivity index (χ1v) is 44.4. The molecule has 0 spiro atoms. The molecule has 0 heterocycles. The van der Waals surface area contributed by atoms with Crippen molar-refractivity contribution >= 4 is 61.7 Å². The van der Waals surface area contributed by atoms with Gasteiger partial charge in [-0.2, -0.15) is 0 Å². The molecule has 0 aromatic heterocycles. The highest BCUT2D eigenvalue weighted by atomic mass is 29.9. The van der Waals surface area contributed by atoms with Crippen LogP contribution in [0, 0.1) is 0 Å². The molecule has 0 saturated heterocycles. The van der Waals surface area contributed by atoms with E-state index < -0.39 is 61.7 Å². The van der Waals surface area contributed by atoms with Gasteiger partial charge in [-0.25, -0.2) is 0 Å². The van der Waals surface area contributed by atoms with E-state index in [0.717, 1.165) is 22.2 Å². The Balaban J connectivity index is 4.56. The maximum Gasteiger partial charge on any atom is 0.0632 e. The number of hydrogen-bond acceptors (Lipinski definition) is 0. The maximum absolute atomic E-state index is 3.19. The summed E-state index contributed by atoms with van der Waals surface area (Å²) in [6.07, 6.45) is 3.19. The fourth-order valence-electron chi connectivity index (χ4n) is 9.97. The number of hydrogen-bond donors (Lipinski definition) is 0. The van der Waals surface area contributed by atoms with Crippen LogP contribution in [0.5, 0.6) is 0 Å². The fraction of sp³-hybridized carbons (Fsp3) is 0.926. The van der Waals surface area contributed by atoms with Gasteiger partial charge in [-0.15, -0.1) is 0 Å². The largest absolute Gasteiger partial charge is 0.0915 e. The molecule has 0 N–H and O–H groups in total. The molecule has 0 radical (unpaired) electrons. The van der Waals surface area contributed by atoms with Crippen molar-refractivity contribution in [3.05, 3.63) is 11.3 Å². The van der Waals surface area contributed by atoms with Crippen LogP contribution < -0.4 is 0 Å². The first kappa shape index (κ1) is 34.5. The molecule has 0 aromatic rings. The normalized spacial score (nSPS) is 26.6. The molecule has 8 heteroatoms. The molecule has 0 amide bonds. The minimum Gasteiger partial charge on any atom is -0.0915 e. The molecule has 0 saturated carbocycles. The van der Waals surface area contributed by atoms with E-state index in [4.69, 9.17) is 0 Å². The zero-order chi connectivity index (χ0) is 28.6. The van der Waals surface area contributed by atoms with Gasteiger partial charge in [0.25, 0.3) is 0 Å². The quantitative estimate of drug-likeness (QED) is 0.238. The summed E-state index contributed by atoms with van der Waals surface area (Å²) >= 11 is 0. The third-order valence-electron chi connectivity index (χ3n) is 9.57. The molecular weight excluding hydrogens is 549 g/mol. The summed E-state index contributed by atoms with van der Waals surface area (Å²) in [4.78, 5) is 0. The summed E-state index contributed by atoms with van der Waals surface area (Å²) in [6.45, 7) is 57.1. The van der Waals surface area contributed by atoms with E-state index in [1.54, 1.807) is 0 Å². The maximum atomic E-state index is 3.19. The van der Waals surface area contributed by atoms with E-state index in [-0.39, 0.29) is 0 Å². The predicted octanol–water partition coefficient (Wildman–Crippen LogP) is 11.0. The zero-order valence-electron chi connectivity index (χ0n) is 28.4. The third-order valence-corrected chi connectivity index (χ3v) is 92.8. The average Bonchev–Trinajstić information content (AvgIpc) is 2.45. The molecule has 0 unspecified atom stereocenters. The van der Waals surface area contributed by atoms with Gasteiger partial charge in [-0.1, -0.05) is 149 Å². The Morgan fingerprint density at radius 2 is 0.714 bits per heavy atom. The van der Waals surface area contributed by atoms with Crippen molar-refractivity contribution in [1.29, 1.82) is 0 Å². The molecule has 0 fully saturated rings. The fourth-order valence-corrected chi connectivity index (χ4v) is 133. The van der Waals surface area contributed by atoms with Crippen molar-refractivity contribution in [2.24, 2.45) is 0 Å². The molecule has 35 heavy (non-hydrogen) atoms. The van der Waals surface area contributed by atoms with Crippen molar-refractivity contribution in [2.75, 3.05) is 0 Å². The Labute approximate surface area is 231 Å². The smallest absolute Gasteiger partial charge is 0.0632 e. The summed E-state index contributed by atoms with van der Waals surface area (Å²) in [5, 5.41) is 2.24. The molecule has 0 aromatic carbocycles. The summed E-state index contributed by atoms with van der Waals surface area (Å²) < 4.78 is 0. The second-order valence-electron chi connectivity index (χ2n) is 19.6. The lowest BCUT2D eigenvalue weighted by Gasteiger charge is -2.66. The monoisotopic (exact) mass is 616 g/mol. The highest BCUT2D eigenvalue weighted by molar-refractivity contribution is 7.91. The first-order valence-electron chi connectivity index (χ1n) is 14.6. The summed E-state index contributed by atoms with van der Waals surface area (Å²) in [6, 6.07) is 0. The lowest BCUT2D eigenvalue weighted by Crippen LogP contribution is -2.85. The predicted molar refractivity (Wildman–Crippen MR) is 192 cm³/mol. The molecule has 0 nitrogen and oxygen atoms in total. The lowest BCUT2D eigenvalue weighted by atomic mass is 10.0. The van der Waals surface area contributed by atoms with Crippen LogP contribution in [0.3, 0.4) is 0 Å². The number of allylic oxidation sites excluding steroid dienone is 2. The van der Waals surface area contributed by atoms with Gasteiger partial charge in [0.15, 0.2) is 0 Å². The first-order chi connectivity index (χ1) is 14.8. The topological polar surface area (TPSA) is 0 Å².